The van der Waals surface area contributed by atoms with E-state index in [1.807, 2.05) is 22.1 Å². The molecule has 6 aromatic carbocycles. The SMILES string of the molecule is C1=C(c2ccc3cc(-c4ccc5nc([C@@H]6CCCN6)[nH]c5c4)ccc3c2)CC([C@@H]2CCCN2)=N1.COC(=O)C[C@H](C(=O)N1CCCC1C1=NC=C(c2ccc3cc(-c4ccc5nc([C@@H]6CCCN6C(=O)[C@@H](CC(=O)OC)C6CC6)[nH]c5c4)ccc3c2)C1)C1CC1.COC(=O)N[C@H](C(=O)O)C1CC1. The van der Waals surface area contributed by atoms with Gasteiger partial charge in [0.1, 0.15) is 17.7 Å². The summed E-state index contributed by atoms with van der Waals surface area (Å²) in [6.07, 6.45) is 19.4. The van der Waals surface area contributed by atoms with E-state index in [1.165, 1.54) is 79.3 Å². The van der Waals surface area contributed by atoms with Crippen molar-refractivity contribution in [3.63, 3.8) is 0 Å². The number of methoxy groups -OCH3 is 3. The van der Waals surface area contributed by atoms with Crippen molar-refractivity contribution >= 4 is 102 Å². The molecule has 8 aromatic rings. The van der Waals surface area contributed by atoms with E-state index in [9.17, 15) is 28.8 Å². The molecule has 21 nitrogen and oxygen atoms in total. The predicted octanol–water partition coefficient (Wildman–Crippen LogP) is 13.4. The van der Waals surface area contributed by atoms with Crippen LogP contribution >= 0.6 is 0 Å². The van der Waals surface area contributed by atoms with E-state index in [0.29, 0.717) is 31.6 Å². The summed E-state index contributed by atoms with van der Waals surface area (Å²) in [5, 5.41) is 22.8. The van der Waals surface area contributed by atoms with Crippen molar-refractivity contribution in [2.45, 2.75) is 146 Å². The standard InChI is InChI=1S/C45H49N5O6.C29H29N5.C7H11NO4/c1-55-41(51)23-34(26-7-8-26)44(53)49-17-3-5-39(49)38-22-33(25-46-38)31-14-13-28-19-30(12-11-29(28)20-31)32-15-16-36-37(21-32)48-43(47-36)40-6-4-18-50(40)45(54)35(27-9-10-27)24-42(52)56-2;1-3-24(30-11-1)27-16-23(17-32-27)21-8-7-18-13-20(6-5-19(18)14-21)22-9-10-25-28(15-22)34-29(33-25)26-4-2-12-31-26;1-12-7(11)8-5(6(9)10)4-2-3-4/h11-16,19-21,25-27,34-35,39-40H,3-10,17-18,22-24H2,1-2H3,(H,47,48);5-10,13-15,17,24,26,30-31H,1-4,11-12,16H2,(H,33,34);4-5H,2-3H2,1H3,(H,8,11)(H,9,10)/t34-,35-,39?,40-;24-,26-;5-/m000/s1. The van der Waals surface area contributed by atoms with E-state index < -0.39 is 18.1 Å². The minimum absolute atomic E-state index is 0.0289. The minimum atomic E-state index is -0.997. The number of hydrogen-bond donors (Lipinski definition) is 6. The number of fused-ring (bicyclic) bond motifs is 4. The van der Waals surface area contributed by atoms with Crippen molar-refractivity contribution in [1.82, 2.24) is 45.7 Å². The first kappa shape index (κ1) is 67.9. The van der Waals surface area contributed by atoms with Gasteiger partial charge < -0.3 is 55.0 Å². The Bertz CT molecular complexity index is 4700. The molecule has 9 aliphatic rings. The van der Waals surface area contributed by atoms with Crippen LogP contribution in [0.4, 0.5) is 4.79 Å². The van der Waals surface area contributed by atoms with Gasteiger partial charge in [-0.05, 0) is 235 Å². The number of benzene rings is 6. The maximum Gasteiger partial charge on any atom is 0.407 e. The third-order valence-corrected chi connectivity index (χ3v) is 22.3. The highest BCUT2D eigenvalue weighted by Gasteiger charge is 2.46. The van der Waals surface area contributed by atoms with Crippen LogP contribution in [0.25, 0.3) is 77.0 Å². The molecule has 0 spiro atoms. The largest absolute Gasteiger partial charge is 0.480 e. The van der Waals surface area contributed by atoms with Crippen molar-refractivity contribution in [3.8, 4) is 22.3 Å². The Balaban J connectivity index is 0.000000153. The monoisotopic (exact) mass is 1380 g/mol. The fraction of sp³-hybridized carbons (Fsp3) is 0.432. The zero-order chi connectivity index (χ0) is 70.1. The summed E-state index contributed by atoms with van der Waals surface area (Å²) >= 11 is 0. The van der Waals surface area contributed by atoms with Gasteiger partial charge in [0.05, 0.1) is 86.2 Å². The Morgan fingerprint density at radius 2 is 0.931 bits per heavy atom. The molecule has 0 bridgehead atoms. The van der Waals surface area contributed by atoms with Crippen molar-refractivity contribution in [3.05, 3.63) is 144 Å². The Morgan fingerprint density at radius 3 is 1.42 bits per heavy atom. The van der Waals surface area contributed by atoms with Gasteiger partial charge in [-0.3, -0.25) is 29.2 Å². The number of hydrogen-bond acceptors (Lipinski definition) is 15. The first-order valence-corrected chi connectivity index (χ1v) is 36.6. The zero-order valence-corrected chi connectivity index (χ0v) is 58.2. The topological polar surface area (TPSA) is 275 Å². The third-order valence-electron chi connectivity index (χ3n) is 22.3. The number of ether oxygens (including phenoxy) is 3. The maximum atomic E-state index is 13.7. The number of likely N-dealkylation sites (tertiary alicyclic amines) is 2. The van der Waals surface area contributed by atoms with Crippen molar-refractivity contribution in [2.75, 3.05) is 47.5 Å². The van der Waals surface area contributed by atoms with E-state index in [0.717, 1.165) is 163 Å². The van der Waals surface area contributed by atoms with E-state index >= 15 is 0 Å². The number of esters is 2. The van der Waals surface area contributed by atoms with Crippen molar-refractivity contribution in [1.29, 1.82) is 0 Å². The van der Waals surface area contributed by atoms with Crippen LogP contribution in [-0.4, -0.2) is 148 Å². The Hall–Kier alpha value is -9.86. The molecular formula is C81H89N11O10. The summed E-state index contributed by atoms with van der Waals surface area (Å²) < 4.78 is 14.1. The Morgan fingerprint density at radius 1 is 0.490 bits per heavy atom. The van der Waals surface area contributed by atoms with E-state index in [4.69, 9.17) is 34.5 Å². The van der Waals surface area contributed by atoms with Crippen LogP contribution < -0.4 is 16.0 Å². The summed E-state index contributed by atoms with van der Waals surface area (Å²) in [6.45, 7) is 3.56. The van der Waals surface area contributed by atoms with E-state index in [2.05, 4.69) is 140 Å². The molecule has 6 aliphatic heterocycles. The number of nitrogens with zero attached hydrogens (tertiary/aromatic N) is 6. The molecule has 6 N–H and O–H groups in total. The number of aromatic nitrogens is 4. The van der Waals surface area contributed by atoms with Crippen LogP contribution in [0.5, 0.6) is 0 Å². The quantitative estimate of drug-likeness (QED) is 0.0325. The molecule has 0 radical (unpaired) electrons. The van der Waals surface area contributed by atoms with Crippen molar-refractivity contribution < 1.29 is 48.1 Å². The van der Waals surface area contributed by atoms with Gasteiger partial charge in [0.25, 0.3) is 0 Å². The highest BCUT2D eigenvalue weighted by Crippen LogP contribution is 2.45. The lowest BCUT2D eigenvalue weighted by atomic mass is 9.94. The average Bonchev–Trinajstić information content (AvgIpc) is 1.55. The van der Waals surface area contributed by atoms with Gasteiger partial charge in [-0.25, -0.2) is 19.6 Å². The molecule has 1 unspecified atom stereocenters. The van der Waals surface area contributed by atoms with Crippen LogP contribution in [0.2, 0.25) is 0 Å². The molecule has 3 aliphatic carbocycles. The second kappa shape index (κ2) is 29.6. The number of carboxylic acids is 1. The molecule has 4 saturated heterocycles. The van der Waals surface area contributed by atoms with Gasteiger partial charge >= 0.3 is 24.0 Å². The number of carboxylic acid groups (broad SMARTS) is 1. The molecule has 8 heterocycles. The number of amides is 3. The summed E-state index contributed by atoms with van der Waals surface area (Å²) in [4.78, 5) is 103. The number of aliphatic imine (C=N–C) groups is 2. The maximum absolute atomic E-state index is 13.7. The molecule has 528 valence electrons. The number of carbonyl (C=O) groups is 6. The lowest BCUT2D eigenvalue weighted by Gasteiger charge is -2.29. The lowest BCUT2D eigenvalue weighted by Crippen LogP contribution is -2.44. The molecule has 102 heavy (non-hydrogen) atoms. The summed E-state index contributed by atoms with van der Waals surface area (Å²) in [5.41, 5.74) is 15.8. The Labute approximate surface area is 592 Å². The minimum Gasteiger partial charge on any atom is -0.480 e. The molecule has 7 atom stereocenters. The number of imidazole rings is 2. The van der Waals surface area contributed by atoms with E-state index in [1.54, 1.807) is 0 Å². The van der Waals surface area contributed by atoms with E-state index in [-0.39, 0.29) is 78.3 Å². The number of aromatic amines is 2. The second-order valence-electron chi connectivity index (χ2n) is 29.1. The van der Waals surface area contributed by atoms with Crippen molar-refractivity contribution in [2.24, 2.45) is 39.6 Å². The number of rotatable bonds is 19. The van der Waals surface area contributed by atoms with Crippen LogP contribution in [-0.2, 0) is 38.2 Å². The van der Waals surface area contributed by atoms with Crippen LogP contribution in [0, 0.1) is 29.6 Å². The molecule has 2 aromatic heterocycles. The summed E-state index contributed by atoms with van der Waals surface area (Å²) in [6, 6.07) is 39.4. The van der Waals surface area contributed by atoms with Gasteiger partial charge in [0, 0.05) is 55.8 Å². The molecule has 3 saturated carbocycles. The number of alkyl carbamates (subject to hydrolysis) is 1. The molecule has 21 heteroatoms. The second-order valence-corrected chi connectivity index (χ2v) is 29.1. The number of H-pyrrole nitrogens is 2. The molecule has 3 amide bonds. The molecule has 17 rings (SSSR count). The highest BCUT2D eigenvalue weighted by atomic mass is 16.5. The predicted molar refractivity (Wildman–Crippen MR) is 393 cm³/mol. The summed E-state index contributed by atoms with van der Waals surface area (Å²) in [7, 11) is 3.98. The smallest absolute Gasteiger partial charge is 0.407 e. The number of nitrogens with one attached hydrogen (secondary N) is 5. The summed E-state index contributed by atoms with van der Waals surface area (Å²) in [5.74, 6) is 0.333. The zero-order valence-electron chi connectivity index (χ0n) is 58.2. The normalized spacial score (nSPS) is 21.7. The van der Waals surface area contributed by atoms with Gasteiger partial charge in [0.2, 0.25) is 11.8 Å². The fourth-order valence-electron chi connectivity index (χ4n) is 16.1. The first-order chi connectivity index (χ1) is 49.7. The van der Waals surface area contributed by atoms with Crippen LogP contribution in [0.15, 0.2) is 132 Å². The number of allylic oxidation sites excluding steroid dienone is 2. The molecule has 7 fully saturated rings. The van der Waals surface area contributed by atoms with Crippen LogP contribution in [0.3, 0.4) is 0 Å². The van der Waals surface area contributed by atoms with Gasteiger partial charge in [-0.15, -0.1) is 0 Å². The van der Waals surface area contributed by atoms with Crippen LogP contribution in [0.1, 0.15) is 150 Å². The highest BCUT2D eigenvalue weighted by molar-refractivity contribution is 6.05. The Kier molecular flexibility index (Phi) is 19.7. The number of aliphatic carboxylic acids is 1. The van der Waals surface area contributed by atoms with Gasteiger partial charge in [0.15, 0.2) is 0 Å². The third kappa shape index (κ3) is 14.9. The lowest BCUT2D eigenvalue weighted by molar-refractivity contribution is -0.148. The first-order valence-electron chi connectivity index (χ1n) is 36.6. The number of carbonyl (C=O) groups excluding carboxylic acids is 5. The average molecular weight is 1380 g/mol. The fourth-order valence-corrected chi connectivity index (χ4v) is 16.1. The van der Waals surface area contributed by atoms with Gasteiger partial charge in [-0.2, -0.15) is 0 Å². The van der Waals surface area contributed by atoms with Gasteiger partial charge in [-0.1, -0.05) is 60.7 Å². The molecular weight excluding hydrogens is 1290 g/mol.